The zero-order valence-corrected chi connectivity index (χ0v) is 25.9. The number of hydrogen-bond donors (Lipinski definition) is 3. The highest BCUT2D eigenvalue weighted by molar-refractivity contribution is 6.32. The van der Waals surface area contributed by atoms with Gasteiger partial charge < -0.3 is 30.2 Å². The van der Waals surface area contributed by atoms with Gasteiger partial charge in [-0.2, -0.15) is 5.26 Å². The number of amides is 1. The Kier molecular flexibility index (Phi) is 9.67. The van der Waals surface area contributed by atoms with Crippen molar-refractivity contribution in [3.8, 4) is 17.6 Å². The Morgan fingerprint density at radius 2 is 1.93 bits per heavy atom. The fourth-order valence-corrected chi connectivity index (χ4v) is 5.61. The van der Waals surface area contributed by atoms with Crippen molar-refractivity contribution < 1.29 is 19.0 Å². The number of carbonyl (C=O) groups excluding carboxylic acids is 1. The molecule has 3 aromatic carbocycles. The second-order valence-corrected chi connectivity index (χ2v) is 11.7. The summed E-state index contributed by atoms with van der Waals surface area (Å²) in [7, 11) is 0. The third-order valence-electron chi connectivity index (χ3n) is 7.62. The van der Waals surface area contributed by atoms with Gasteiger partial charge >= 0.3 is 0 Å². The average molecular weight is 645 g/mol. The maximum Gasteiger partial charge on any atom is 0.248 e. The van der Waals surface area contributed by atoms with Gasteiger partial charge in [-0.25, -0.2) is 0 Å². The number of nitrogens with zero attached hydrogens (tertiary/aromatic N) is 2. The van der Waals surface area contributed by atoms with Gasteiger partial charge in [-0.3, -0.25) is 9.78 Å². The molecule has 2 aliphatic heterocycles. The molecule has 0 spiro atoms. The van der Waals surface area contributed by atoms with Crippen molar-refractivity contribution in [3.05, 3.63) is 93.6 Å². The van der Waals surface area contributed by atoms with E-state index >= 15 is 0 Å². The molecule has 1 aromatic heterocycles. The lowest BCUT2D eigenvalue weighted by Crippen LogP contribution is -2.24. The molecular weight excluding hydrogens is 613 g/mol. The van der Waals surface area contributed by atoms with Crippen molar-refractivity contribution >= 4 is 57.1 Å². The molecule has 4 aromatic rings. The van der Waals surface area contributed by atoms with E-state index in [-0.39, 0.29) is 12.0 Å². The molecule has 2 saturated heterocycles. The Bertz CT molecular complexity index is 1770. The molecular formula is C34H31Cl2N5O4. The van der Waals surface area contributed by atoms with E-state index in [1.807, 2.05) is 30.3 Å². The number of halogens is 2. The SMILES string of the molecule is N#Cc1cnc2cc(OC3CCOC3)c(NC(=O)C=C3CCNCC3)cc2c1Nc1ccc(OCc2ccc(Cl)cc2)c(Cl)c1. The maximum atomic E-state index is 13.1. The Hall–Kier alpha value is -4.33. The summed E-state index contributed by atoms with van der Waals surface area (Å²) in [5.41, 5.74) is 4.62. The fourth-order valence-electron chi connectivity index (χ4n) is 5.25. The lowest BCUT2D eigenvalue weighted by atomic mass is 10.0. The van der Waals surface area contributed by atoms with Crippen LogP contribution in [-0.2, 0) is 16.1 Å². The van der Waals surface area contributed by atoms with Crippen molar-refractivity contribution in [2.45, 2.75) is 32.0 Å². The molecule has 0 bridgehead atoms. The number of anilines is 3. The Morgan fingerprint density at radius 3 is 2.67 bits per heavy atom. The molecule has 6 rings (SSSR count). The largest absolute Gasteiger partial charge is 0.487 e. The standard InChI is InChI=1S/C34H31Cl2N5O4/c35-24-3-1-22(2-4-24)19-44-31-6-5-25(14-28(31)36)40-34-23(17-37)18-39-29-16-32(45-26-9-12-43-20-26)30(15-27(29)34)41-33(42)13-21-7-10-38-11-8-21/h1-6,13-16,18,26,38H,7-12,19-20H2,(H,39,40)(H,41,42). The molecule has 45 heavy (non-hydrogen) atoms. The number of rotatable bonds is 9. The first kappa shape index (κ1) is 30.7. The number of nitriles is 1. The van der Waals surface area contributed by atoms with Gasteiger partial charge in [-0.05, 0) is 67.9 Å². The average Bonchev–Trinajstić information content (AvgIpc) is 3.56. The fraction of sp³-hybridized carbons (Fsp3) is 0.265. The molecule has 2 fully saturated rings. The third kappa shape index (κ3) is 7.67. The van der Waals surface area contributed by atoms with E-state index in [1.54, 1.807) is 30.3 Å². The van der Waals surface area contributed by atoms with Crippen LogP contribution in [0.1, 0.15) is 30.4 Å². The van der Waals surface area contributed by atoms with Crippen LogP contribution in [0, 0.1) is 11.3 Å². The highest BCUT2D eigenvalue weighted by atomic mass is 35.5. The van der Waals surface area contributed by atoms with Crippen molar-refractivity contribution in [1.82, 2.24) is 10.3 Å². The van der Waals surface area contributed by atoms with Crippen LogP contribution >= 0.6 is 23.2 Å². The molecule has 0 saturated carbocycles. The second-order valence-electron chi connectivity index (χ2n) is 10.9. The first-order valence-electron chi connectivity index (χ1n) is 14.7. The topological polar surface area (TPSA) is 118 Å². The zero-order valence-electron chi connectivity index (χ0n) is 24.4. The number of aromatic nitrogens is 1. The quantitative estimate of drug-likeness (QED) is 0.165. The third-order valence-corrected chi connectivity index (χ3v) is 8.17. The van der Waals surface area contributed by atoms with Crippen molar-refractivity contribution in [1.29, 1.82) is 5.26 Å². The van der Waals surface area contributed by atoms with Gasteiger partial charge in [0.1, 0.15) is 30.3 Å². The van der Waals surface area contributed by atoms with E-state index in [4.69, 9.17) is 37.4 Å². The van der Waals surface area contributed by atoms with Crippen molar-refractivity contribution in [2.75, 3.05) is 36.9 Å². The second kappa shape index (κ2) is 14.2. The minimum Gasteiger partial charge on any atom is -0.487 e. The molecule has 9 nitrogen and oxygen atoms in total. The van der Waals surface area contributed by atoms with Crippen LogP contribution < -0.4 is 25.4 Å². The Balaban J connectivity index is 1.30. The van der Waals surface area contributed by atoms with Gasteiger partial charge in [0.25, 0.3) is 0 Å². The van der Waals surface area contributed by atoms with Crippen molar-refractivity contribution in [3.63, 3.8) is 0 Å². The van der Waals surface area contributed by atoms with E-state index in [0.29, 0.717) is 74.9 Å². The molecule has 3 heterocycles. The van der Waals surface area contributed by atoms with Gasteiger partial charge in [0, 0.05) is 40.9 Å². The molecule has 2 aliphatic rings. The predicted octanol–water partition coefficient (Wildman–Crippen LogP) is 7.15. The van der Waals surface area contributed by atoms with Gasteiger partial charge in [-0.15, -0.1) is 0 Å². The van der Waals surface area contributed by atoms with Crippen LogP contribution in [0.15, 0.2) is 72.4 Å². The summed E-state index contributed by atoms with van der Waals surface area (Å²) in [6, 6.07) is 18.5. The number of pyridine rings is 1. The van der Waals surface area contributed by atoms with E-state index < -0.39 is 0 Å². The normalized spacial score (nSPS) is 16.2. The van der Waals surface area contributed by atoms with Crippen LogP contribution in [-0.4, -0.2) is 43.3 Å². The van der Waals surface area contributed by atoms with Gasteiger partial charge in [0.2, 0.25) is 5.91 Å². The molecule has 230 valence electrons. The van der Waals surface area contributed by atoms with E-state index in [1.165, 1.54) is 6.20 Å². The first-order valence-corrected chi connectivity index (χ1v) is 15.5. The predicted molar refractivity (Wildman–Crippen MR) is 176 cm³/mol. The number of nitrogens with one attached hydrogen (secondary N) is 3. The van der Waals surface area contributed by atoms with Crippen LogP contribution in [0.3, 0.4) is 0 Å². The minimum absolute atomic E-state index is 0.139. The number of fused-ring (bicyclic) bond motifs is 1. The number of ether oxygens (including phenoxy) is 3. The summed E-state index contributed by atoms with van der Waals surface area (Å²) < 4.78 is 17.7. The summed E-state index contributed by atoms with van der Waals surface area (Å²) in [4.78, 5) is 17.7. The molecule has 0 aliphatic carbocycles. The minimum atomic E-state index is -0.237. The maximum absolute atomic E-state index is 13.1. The lowest BCUT2D eigenvalue weighted by molar-refractivity contribution is -0.112. The molecule has 3 N–H and O–H groups in total. The molecule has 1 amide bonds. The molecule has 1 atom stereocenters. The highest BCUT2D eigenvalue weighted by Gasteiger charge is 2.22. The van der Waals surface area contributed by atoms with Gasteiger partial charge in [0.05, 0.1) is 40.7 Å². The van der Waals surface area contributed by atoms with Crippen LogP contribution in [0.4, 0.5) is 17.1 Å². The zero-order chi connectivity index (χ0) is 31.2. The summed E-state index contributed by atoms with van der Waals surface area (Å²) in [5, 5.41) is 21.3. The molecule has 0 radical (unpaired) electrons. The number of hydrogen-bond acceptors (Lipinski definition) is 8. The summed E-state index contributed by atoms with van der Waals surface area (Å²) in [6.45, 7) is 3.11. The molecule has 1 unspecified atom stereocenters. The van der Waals surface area contributed by atoms with E-state index in [0.717, 1.165) is 43.5 Å². The smallest absolute Gasteiger partial charge is 0.248 e. The Morgan fingerprint density at radius 1 is 1.11 bits per heavy atom. The van der Waals surface area contributed by atoms with Gasteiger partial charge in [-0.1, -0.05) is 40.9 Å². The number of carbonyl (C=O) groups is 1. The van der Waals surface area contributed by atoms with Crippen LogP contribution in [0.2, 0.25) is 10.0 Å². The summed E-state index contributed by atoms with van der Waals surface area (Å²) >= 11 is 12.6. The Labute approximate surface area is 271 Å². The van der Waals surface area contributed by atoms with E-state index in [2.05, 4.69) is 27.0 Å². The number of benzene rings is 3. The monoisotopic (exact) mass is 643 g/mol. The van der Waals surface area contributed by atoms with Crippen LogP contribution in [0.5, 0.6) is 11.5 Å². The van der Waals surface area contributed by atoms with Crippen LogP contribution in [0.25, 0.3) is 10.9 Å². The van der Waals surface area contributed by atoms with Gasteiger partial charge in [0.15, 0.2) is 0 Å². The number of piperidine rings is 1. The first-order chi connectivity index (χ1) is 21.9. The van der Waals surface area contributed by atoms with Crippen molar-refractivity contribution in [2.24, 2.45) is 0 Å². The van der Waals surface area contributed by atoms with E-state index in [9.17, 15) is 10.1 Å². The summed E-state index contributed by atoms with van der Waals surface area (Å²) in [6.07, 6.45) is 5.43. The highest BCUT2D eigenvalue weighted by Crippen LogP contribution is 2.38. The lowest BCUT2D eigenvalue weighted by Gasteiger charge is -2.19. The molecule has 11 heteroatoms. The summed E-state index contributed by atoms with van der Waals surface area (Å²) in [5.74, 6) is 0.768.